The van der Waals surface area contributed by atoms with Crippen LogP contribution in [0.15, 0.2) is 4.99 Å². The van der Waals surface area contributed by atoms with Crippen LogP contribution in [0.25, 0.3) is 0 Å². The van der Waals surface area contributed by atoms with Crippen LogP contribution >= 0.6 is 0 Å². The summed E-state index contributed by atoms with van der Waals surface area (Å²) in [7, 11) is 0. The van der Waals surface area contributed by atoms with E-state index in [9.17, 15) is 19.8 Å². The number of hydrogen-bond donors (Lipinski definition) is 5. The van der Waals surface area contributed by atoms with E-state index in [1.807, 2.05) is 13.8 Å². The number of nitrogens with one attached hydrogen (secondary N) is 1. The summed E-state index contributed by atoms with van der Waals surface area (Å²) in [6.07, 6.45) is 0.612. The number of carbonyl (C=O) groups is 2. The summed E-state index contributed by atoms with van der Waals surface area (Å²) in [5.41, 5.74) is 10.9. The first-order chi connectivity index (χ1) is 10.7. The minimum atomic E-state index is -1.11. The Morgan fingerprint density at radius 2 is 1.69 bits per heavy atom. The molecule has 11 nitrogen and oxygen atoms in total. The number of carboxylic acid groups (broad SMARTS) is 1. The number of rotatable bonds is 7. The van der Waals surface area contributed by atoms with Gasteiger partial charge < -0.3 is 43.4 Å². The van der Waals surface area contributed by atoms with Gasteiger partial charge in [0.1, 0.15) is 0 Å². The Labute approximate surface area is 152 Å². The highest BCUT2D eigenvalue weighted by atomic mass is 16.4. The number of aliphatic carboxylic acids is 1. The van der Waals surface area contributed by atoms with Gasteiger partial charge in [0.2, 0.25) is 5.91 Å². The lowest BCUT2D eigenvalue weighted by atomic mass is 9.80. The van der Waals surface area contributed by atoms with Gasteiger partial charge >= 0.3 is 5.97 Å². The lowest BCUT2D eigenvalue weighted by Gasteiger charge is -2.35. The summed E-state index contributed by atoms with van der Waals surface area (Å²) < 4.78 is 0. The molecule has 0 radical (unpaired) electrons. The largest absolute Gasteiger partial charge is 0.481 e. The van der Waals surface area contributed by atoms with Gasteiger partial charge in [0, 0.05) is 18.9 Å². The van der Waals surface area contributed by atoms with Crippen LogP contribution in [0.2, 0.25) is 0 Å². The zero-order valence-corrected chi connectivity index (χ0v) is 15.4. The topological polar surface area (TPSA) is 246 Å². The summed E-state index contributed by atoms with van der Waals surface area (Å²) in [5, 5.41) is 22.7. The predicted octanol–water partition coefficient (Wildman–Crippen LogP) is -2.82. The first-order valence-electron chi connectivity index (χ1n) is 7.99. The van der Waals surface area contributed by atoms with Crippen LogP contribution in [-0.2, 0) is 9.59 Å². The third-order valence-electron chi connectivity index (χ3n) is 4.72. The van der Waals surface area contributed by atoms with E-state index in [4.69, 9.17) is 11.5 Å². The Bertz CT molecular complexity index is 467. The molecule has 3 unspecified atom stereocenters. The first-order valence-corrected chi connectivity index (χ1v) is 7.99. The fourth-order valence-corrected chi connectivity index (χ4v) is 3.64. The monoisotopic (exact) mass is 382 g/mol. The van der Waals surface area contributed by atoms with Crippen LogP contribution in [0.5, 0.6) is 0 Å². The maximum atomic E-state index is 11.6. The molecule has 1 rings (SSSR count). The second kappa shape index (κ2) is 12.4. The highest BCUT2D eigenvalue weighted by Gasteiger charge is 2.50. The molecule has 0 aromatic carbocycles. The van der Waals surface area contributed by atoms with Gasteiger partial charge in [0.05, 0.1) is 18.1 Å². The molecular formula is C15H34N4O7. The van der Waals surface area contributed by atoms with E-state index < -0.39 is 30.0 Å². The number of nitrogens with zero attached hydrogens (tertiary/aromatic N) is 1. The molecule has 0 aromatic heterocycles. The number of carbonyl (C=O) groups excluding carboxylic acids is 1. The fourth-order valence-electron chi connectivity index (χ4n) is 3.64. The summed E-state index contributed by atoms with van der Waals surface area (Å²) in [6.45, 7) is 5.39. The van der Waals surface area contributed by atoms with Gasteiger partial charge in [0.15, 0.2) is 5.96 Å². The molecule has 156 valence electrons. The van der Waals surface area contributed by atoms with E-state index in [-0.39, 0.29) is 46.7 Å². The van der Waals surface area contributed by atoms with Gasteiger partial charge in [-0.15, -0.1) is 0 Å². The van der Waals surface area contributed by atoms with E-state index in [1.54, 1.807) is 0 Å². The van der Waals surface area contributed by atoms with E-state index in [2.05, 4.69) is 10.3 Å². The Kier molecular flexibility index (Phi) is 13.8. The number of hydrogen-bond acceptors (Lipinski definition) is 4. The van der Waals surface area contributed by atoms with Crippen molar-refractivity contribution in [1.29, 1.82) is 0 Å². The standard InChI is InChI=1S/C15H28N4O4.3H2O/c1-4-8(5-2)12(18-7(3)20)11-10(19-15(16)17)6-9(13(11)21)14(22)23;;;/h8-13,21H,4-6H2,1-3H3,(H,18,20)(H,22,23)(H4,16,17,19);3*1H2/t9-,10+,11?,12?,13?;;;/m0.../s1. The Hall–Kier alpha value is -1.95. The van der Waals surface area contributed by atoms with Crippen molar-refractivity contribution in [2.45, 2.75) is 58.2 Å². The molecule has 1 aliphatic carbocycles. The molecule has 5 atom stereocenters. The third kappa shape index (κ3) is 6.75. The summed E-state index contributed by atoms with van der Waals surface area (Å²) in [6, 6.07) is -0.913. The minimum absolute atomic E-state index is 0. The molecule has 26 heavy (non-hydrogen) atoms. The van der Waals surface area contributed by atoms with Gasteiger partial charge in [-0.2, -0.15) is 0 Å². The highest BCUT2D eigenvalue weighted by Crippen LogP contribution is 2.39. The van der Waals surface area contributed by atoms with Crippen molar-refractivity contribution in [3.63, 3.8) is 0 Å². The van der Waals surface area contributed by atoms with Crippen LogP contribution in [-0.4, -0.2) is 62.7 Å². The van der Waals surface area contributed by atoms with Crippen LogP contribution in [0.4, 0.5) is 0 Å². The van der Waals surface area contributed by atoms with E-state index >= 15 is 0 Å². The zero-order valence-electron chi connectivity index (χ0n) is 15.4. The molecule has 0 spiro atoms. The van der Waals surface area contributed by atoms with Crippen molar-refractivity contribution in [3.8, 4) is 0 Å². The number of guanidine groups is 1. The van der Waals surface area contributed by atoms with E-state index in [0.717, 1.165) is 12.8 Å². The normalized spacial score (nSPS) is 25.1. The number of aliphatic hydroxyl groups is 1. The molecule has 11 heteroatoms. The maximum absolute atomic E-state index is 11.6. The molecule has 1 saturated carbocycles. The quantitative estimate of drug-likeness (QED) is 0.229. The molecule has 1 aliphatic rings. The molecule has 0 saturated heterocycles. The number of aliphatic imine (C=N–C) groups is 1. The van der Waals surface area contributed by atoms with Crippen molar-refractivity contribution in [1.82, 2.24) is 5.32 Å². The number of nitrogens with two attached hydrogens (primary N) is 2. The Morgan fingerprint density at radius 3 is 2.04 bits per heavy atom. The summed E-state index contributed by atoms with van der Waals surface area (Å²) in [4.78, 5) is 27.1. The second-order valence-electron chi connectivity index (χ2n) is 6.17. The number of amides is 1. The Balaban J connectivity index is -0.00000176. The van der Waals surface area contributed by atoms with Crippen molar-refractivity contribution >= 4 is 17.8 Å². The first kappa shape index (κ1) is 28.8. The average molecular weight is 382 g/mol. The van der Waals surface area contributed by atoms with E-state index in [0.29, 0.717) is 0 Å². The van der Waals surface area contributed by atoms with Gasteiger partial charge in [-0.3, -0.25) is 9.59 Å². The second-order valence-corrected chi connectivity index (χ2v) is 6.17. The van der Waals surface area contributed by atoms with Crippen LogP contribution in [0.3, 0.4) is 0 Å². The lowest BCUT2D eigenvalue weighted by Crippen LogP contribution is -2.51. The van der Waals surface area contributed by atoms with Crippen LogP contribution in [0.1, 0.15) is 40.0 Å². The number of carboxylic acids is 1. The molecule has 0 aliphatic heterocycles. The van der Waals surface area contributed by atoms with Gasteiger partial charge in [-0.1, -0.05) is 26.7 Å². The molecule has 0 bridgehead atoms. The summed E-state index contributed by atoms with van der Waals surface area (Å²) in [5.74, 6) is -2.84. The zero-order chi connectivity index (χ0) is 17.7. The van der Waals surface area contributed by atoms with Crippen molar-refractivity contribution in [2.75, 3.05) is 0 Å². The van der Waals surface area contributed by atoms with Gasteiger partial charge in [-0.25, -0.2) is 4.99 Å². The van der Waals surface area contributed by atoms with Crippen LogP contribution in [0, 0.1) is 17.8 Å². The predicted molar refractivity (Wildman–Crippen MR) is 97.4 cm³/mol. The summed E-state index contributed by atoms with van der Waals surface area (Å²) >= 11 is 0. The van der Waals surface area contributed by atoms with Gasteiger partial charge in [-0.05, 0) is 12.3 Å². The van der Waals surface area contributed by atoms with Crippen LogP contribution < -0.4 is 16.8 Å². The van der Waals surface area contributed by atoms with Gasteiger partial charge in [0.25, 0.3) is 0 Å². The Morgan fingerprint density at radius 1 is 1.19 bits per heavy atom. The third-order valence-corrected chi connectivity index (χ3v) is 4.72. The lowest BCUT2D eigenvalue weighted by molar-refractivity contribution is -0.145. The van der Waals surface area contributed by atoms with E-state index in [1.165, 1.54) is 6.92 Å². The molecule has 0 heterocycles. The minimum Gasteiger partial charge on any atom is -0.481 e. The van der Waals surface area contributed by atoms with Crippen molar-refractivity contribution in [3.05, 3.63) is 0 Å². The van der Waals surface area contributed by atoms with Crippen molar-refractivity contribution in [2.24, 2.45) is 34.2 Å². The molecule has 1 amide bonds. The smallest absolute Gasteiger partial charge is 0.309 e. The molecule has 1 fully saturated rings. The molecule has 13 N–H and O–H groups in total. The number of aliphatic hydroxyl groups excluding tert-OH is 1. The average Bonchev–Trinajstić information content (AvgIpc) is 2.74. The fraction of sp³-hybridized carbons (Fsp3) is 0.800. The highest BCUT2D eigenvalue weighted by molar-refractivity contribution is 5.76. The maximum Gasteiger partial charge on any atom is 0.309 e. The van der Waals surface area contributed by atoms with Crippen molar-refractivity contribution < 1.29 is 36.2 Å². The SMILES string of the molecule is CCC(CC)C(NC(C)=O)C1C(O)[C@@H](C(=O)O)C[C@H]1N=C(N)N.O.O.O. The molecule has 0 aromatic rings. The molecular weight excluding hydrogens is 348 g/mol.